The summed E-state index contributed by atoms with van der Waals surface area (Å²) in [7, 11) is 5.79. The van der Waals surface area contributed by atoms with Crippen molar-refractivity contribution in [3.63, 3.8) is 0 Å². The molecule has 0 amide bonds. The maximum absolute atomic E-state index is 4.32. The Morgan fingerprint density at radius 3 is 2.73 bits per heavy atom. The second-order valence-corrected chi connectivity index (χ2v) is 5.66. The number of benzene rings is 1. The van der Waals surface area contributed by atoms with Crippen molar-refractivity contribution >= 4 is 45.9 Å². The summed E-state index contributed by atoms with van der Waals surface area (Å²) in [4.78, 5) is 10.7. The SMILES string of the molecule is CN=C(NCc1nccn1C)N(C)Cc1ccccc1Br.I. The number of aryl methyl sites for hydroxylation is 1. The summed E-state index contributed by atoms with van der Waals surface area (Å²) in [5.41, 5.74) is 1.22. The number of nitrogens with one attached hydrogen (secondary N) is 1. The molecule has 0 atom stereocenters. The molecule has 120 valence electrons. The zero-order chi connectivity index (χ0) is 15.2. The van der Waals surface area contributed by atoms with Gasteiger partial charge in [-0.1, -0.05) is 34.1 Å². The number of nitrogens with zero attached hydrogens (tertiary/aromatic N) is 4. The Morgan fingerprint density at radius 2 is 2.14 bits per heavy atom. The quantitative estimate of drug-likeness (QED) is 0.418. The molecule has 5 nitrogen and oxygen atoms in total. The number of rotatable bonds is 4. The fourth-order valence-electron chi connectivity index (χ4n) is 2.07. The Kier molecular flexibility index (Phi) is 7.88. The highest BCUT2D eigenvalue weighted by Gasteiger charge is 2.09. The summed E-state index contributed by atoms with van der Waals surface area (Å²) in [5, 5.41) is 3.33. The molecule has 22 heavy (non-hydrogen) atoms. The standard InChI is InChI=1S/C15H20BrN5.HI/c1-17-15(19-10-14-18-8-9-20(14)2)21(3)11-12-6-4-5-7-13(12)16;/h4-9H,10-11H2,1-3H3,(H,17,19);1H. The van der Waals surface area contributed by atoms with E-state index in [4.69, 9.17) is 0 Å². The van der Waals surface area contributed by atoms with Gasteiger partial charge in [0.25, 0.3) is 0 Å². The van der Waals surface area contributed by atoms with Crippen molar-refractivity contribution in [2.45, 2.75) is 13.1 Å². The van der Waals surface area contributed by atoms with Gasteiger partial charge in [-0.25, -0.2) is 4.98 Å². The fraction of sp³-hybridized carbons (Fsp3) is 0.333. The smallest absolute Gasteiger partial charge is 0.194 e. The van der Waals surface area contributed by atoms with E-state index in [1.165, 1.54) is 5.56 Å². The van der Waals surface area contributed by atoms with Gasteiger partial charge in [0.1, 0.15) is 5.82 Å². The molecule has 0 radical (unpaired) electrons. The fourth-order valence-corrected chi connectivity index (χ4v) is 2.48. The highest BCUT2D eigenvalue weighted by atomic mass is 127. The molecule has 2 aromatic rings. The molecule has 1 aromatic heterocycles. The van der Waals surface area contributed by atoms with Gasteiger partial charge in [0.15, 0.2) is 5.96 Å². The van der Waals surface area contributed by atoms with Gasteiger partial charge in [-0.3, -0.25) is 4.99 Å². The normalized spacial score (nSPS) is 11.0. The maximum atomic E-state index is 4.32. The minimum Gasteiger partial charge on any atom is -0.349 e. The molecule has 7 heteroatoms. The molecule has 0 fully saturated rings. The van der Waals surface area contributed by atoms with Crippen molar-refractivity contribution in [3.8, 4) is 0 Å². The van der Waals surface area contributed by atoms with Gasteiger partial charge in [0.05, 0.1) is 6.54 Å². The van der Waals surface area contributed by atoms with Gasteiger partial charge in [-0.2, -0.15) is 0 Å². The van der Waals surface area contributed by atoms with E-state index in [9.17, 15) is 0 Å². The molecule has 0 saturated carbocycles. The lowest BCUT2D eigenvalue weighted by molar-refractivity contribution is 0.473. The van der Waals surface area contributed by atoms with Gasteiger partial charge in [-0.05, 0) is 11.6 Å². The lowest BCUT2D eigenvalue weighted by Gasteiger charge is -2.22. The number of hydrogen-bond acceptors (Lipinski definition) is 2. The van der Waals surface area contributed by atoms with Crippen LogP contribution in [-0.4, -0.2) is 34.5 Å². The summed E-state index contributed by atoms with van der Waals surface area (Å²) in [6, 6.07) is 8.21. The van der Waals surface area contributed by atoms with Crippen molar-refractivity contribution in [2.24, 2.45) is 12.0 Å². The first-order chi connectivity index (χ1) is 10.1. The van der Waals surface area contributed by atoms with E-state index in [2.05, 4.69) is 42.2 Å². The molecular weight excluding hydrogens is 457 g/mol. The topological polar surface area (TPSA) is 45.5 Å². The number of aromatic nitrogens is 2. The second-order valence-electron chi connectivity index (χ2n) is 4.80. The lowest BCUT2D eigenvalue weighted by Crippen LogP contribution is -2.38. The number of halogens is 2. The van der Waals surface area contributed by atoms with Crippen LogP contribution < -0.4 is 5.32 Å². The Balaban J connectivity index is 0.00000242. The van der Waals surface area contributed by atoms with Crippen molar-refractivity contribution in [2.75, 3.05) is 14.1 Å². The Hall–Kier alpha value is -1.09. The monoisotopic (exact) mass is 477 g/mol. The Labute approximate surface area is 157 Å². The van der Waals surface area contributed by atoms with Crippen molar-refractivity contribution in [1.82, 2.24) is 19.8 Å². The second kappa shape index (κ2) is 9.14. The molecule has 0 bridgehead atoms. The van der Waals surface area contributed by atoms with Gasteiger partial charge in [0.2, 0.25) is 0 Å². The molecule has 0 unspecified atom stereocenters. The Bertz CT molecular complexity index is 626. The zero-order valence-corrected chi connectivity index (χ0v) is 16.9. The van der Waals surface area contributed by atoms with E-state index in [1.807, 2.05) is 43.1 Å². The molecule has 0 aliphatic heterocycles. The van der Waals surface area contributed by atoms with Crippen LogP contribution in [0.1, 0.15) is 11.4 Å². The molecule has 1 aromatic carbocycles. The van der Waals surface area contributed by atoms with Crippen molar-refractivity contribution in [1.29, 1.82) is 0 Å². The van der Waals surface area contributed by atoms with Crippen LogP contribution in [0, 0.1) is 0 Å². The number of imidazole rings is 1. The first-order valence-electron chi connectivity index (χ1n) is 6.73. The summed E-state index contributed by atoms with van der Waals surface area (Å²) in [6.07, 6.45) is 3.73. The van der Waals surface area contributed by atoms with Gasteiger partial charge >= 0.3 is 0 Å². The number of hydrogen-bond donors (Lipinski definition) is 1. The molecule has 0 saturated heterocycles. The minimum absolute atomic E-state index is 0. The Morgan fingerprint density at radius 1 is 1.41 bits per heavy atom. The van der Waals surface area contributed by atoms with Gasteiger partial charge in [-0.15, -0.1) is 24.0 Å². The molecule has 0 spiro atoms. The van der Waals surface area contributed by atoms with E-state index in [0.29, 0.717) is 6.54 Å². The number of aliphatic imine (C=N–C) groups is 1. The molecule has 0 aliphatic carbocycles. The van der Waals surface area contributed by atoms with Crippen LogP contribution in [0.15, 0.2) is 46.1 Å². The first kappa shape index (κ1) is 19.0. The number of guanidine groups is 1. The van der Waals surface area contributed by atoms with Crippen LogP contribution in [0.2, 0.25) is 0 Å². The van der Waals surface area contributed by atoms with Crippen LogP contribution in [0.25, 0.3) is 0 Å². The van der Waals surface area contributed by atoms with E-state index in [1.54, 1.807) is 13.2 Å². The van der Waals surface area contributed by atoms with E-state index in [0.717, 1.165) is 22.8 Å². The molecule has 2 rings (SSSR count). The third-order valence-corrected chi connectivity index (χ3v) is 4.04. The average Bonchev–Trinajstić information content (AvgIpc) is 2.88. The van der Waals surface area contributed by atoms with Crippen LogP contribution in [0.3, 0.4) is 0 Å². The minimum atomic E-state index is 0. The summed E-state index contributed by atoms with van der Waals surface area (Å²) in [5.74, 6) is 1.82. The van der Waals surface area contributed by atoms with Gasteiger partial charge in [0, 0.05) is 44.6 Å². The zero-order valence-electron chi connectivity index (χ0n) is 13.0. The molecular formula is C15H21BrIN5. The lowest BCUT2D eigenvalue weighted by atomic mass is 10.2. The van der Waals surface area contributed by atoms with Crippen LogP contribution in [-0.2, 0) is 20.1 Å². The molecule has 1 N–H and O–H groups in total. The molecule has 0 aliphatic rings. The summed E-state index contributed by atoms with van der Waals surface area (Å²) in [6.45, 7) is 1.43. The average molecular weight is 478 g/mol. The third kappa shape index (κ3) is 4.98. The highest BCUT2D eigenvalue weighted by Crippen LogP contribution is 2.17. The summed E-state index contributed by atoms with van der Waals surface area (Å²) < 4.78 is 3.10. The largest absolute Gasteiger partial charge is 0.349 e. The van der Waals surface area contributed by atoms with Crippen molar-refractivity contribution in [3.05, 3.63) is 52.5 Å². The van der Waals surface area contributed by atoms with Crippen LogP contribution in [0.5, 0.6) is 0 Å². The predicted octanol–water partition coefficient (Wildman–Crippen LogP) is 3.01. The highest BCUT2D eigenvalue weighted by molar-refractivity contribution is 14.0. The first-order valence-corrected chi connectivity index (χ1v) is 7.52. The van der Waals surface area contributed by atoms with Crippen LogP contribution >= 0.6 is 39.9 Å². The van der Waals surface area contributed by atoms with E-state index in [-0.39, 0.29) is 24.0 Å². The van der Waals surface area contributed by atoms with E-state index < -0.39 is 0 Å². The van der Waals surface area contributed by atoms with E-state index >= 15 is 0 Å². The van der Waals surface area contributed by atoms with Crippen molar-refractivity contribution < 1.29 is 0 Å². The molecule has 1 heterocycles. The third-order valence-electron chi connectivity index (χ3n) is 3.26. The maximum Gasteiger partial charge on any atom is 0.194 e. The summed E-state index contributed by atoms with van der Waals surface area (Å²) >= 11 is 3.58. The van der Waals surface area contributed by atoms with Gasteiger partial charge < -0.3 is 14.8 Å². The van der Waals surface area contributed by atoms with Crippen LogP contribution in [0.4, 0.5) is 0 Å². The predicted molar refractivity (Wildman–Crippen MR) is 104 cm³/mol.